The Morgan fingerprint density at radius 2 is 1.67 bits per heavy atom. The van der Waals surface area contributed by atoms with Crippen LogP contribution in [0.1, 0.15) is 19.4 Å². The van der Waals surface area contributed by atoms with Crippen molar-refractivity contribution in [3.8, 4) is 10.7 Å². The summed E-state index contributed by atoms with van der Waals surface area (Å²) in [6, 6.07) is 21.1. The predicted molar refractivity (Wildman–Crippen MR) is 134 cm³/mol. The van der Waals surface area contributed by atoms with Gasteiger partial charge in [0.15, 0.2) is 11.0 Å². The average molecular weight is 478 g/mol. The topological polar surface area (TPSA) is 88.9 Å². The first kappa shape index (κ1) is 22.8. The van der Waals surface area contributed by atoms with Crippen molar-refractivity contribution in [1.29, 1.82) is 0 Å². The number of anilines is 2. The normalized spacial score (nSPS) is 11.7. The highest BCUT2D eigenvalue weighted by atomic mass is 32.2. The highest BCUT2D eigenvalue weighted by Crippen LogP contribution is 2.30. The molecule has 9 heteroatoms. The summed E-state index contributed by atoms with van der Waals surface area (Å²) in [4.78, 5) is 25.0. The van der Waals surface area contributed by atoms with Crippen molar-refractivity contribution < 1.29 is 9.59 Å². The Bertz CT molecular complexity index is 1220. The van der Waals surface area contributed by atoms with E-state index in [9.17, 15) is 9.59 Å². The maximum Gasteiger partial charge on any atom is 0.237 e. The molecule has 0 spiro atoms. The van der Waals surface area contributed by atoms with Crippen LogP contribution in [0, 0.1) is 0 Å². The highest BCUT2D eigenvalue weighted by molar-refractivity contribution is 8.00. The van der Waals surface area contributed by atoms with E-state index in [1.54, 1.807) is 35.6 Å². The van der Waals surface area contributed by atoms with Gasteiger partial charge in [-0.2, -0.15) is 0 Å². The number of thiophene rings is 1. The summed E-state index contributed by atoms with van der Waals surface area (Å²) in [6.07, 6.45) is 0. The third-order valence-electron chi connectivity index (χ3n) is 4.77. The molecule has 2 amide bonds. The largest absolute Gasteiger partial charge is 0.326 e. The summed E-state index contributed by atoms with van der Waals surface area (Å²) in [5, 5.41) is 16.7. The van der Waals surface area contributed by atoms with Gasteiger partial charge in [-0.05, 0) is 48.2 Å². The third-order valence-corrected chi connectivity index (χ3v) is 6.71. The molecule has 0 aliphatic heterocycles. The first-order valence-electron chi connectivity index (χ1n) is 10.4. The molecular formula is C24H23N5O2S2. The minimum atomic E-state index is -0.394. The quantitative estimate of drug-likeness (QED) is 0.343. The number of carbonyl (C=O) groups is 2. The smallest absolute Gasteiger partial charge is 0.237 e. The van der Waals surface area contributed by atoms with E-state index in [1.807, 2.05) is 42.6 Å². The van der Waals surface area contributed by atoms with Crippen molar-refractivity contribution in [3.63, 3.8) is 0 Å². The predicted octanol–water partition coefficient (Wildman–Crippen LogP) is 5.13. The van der Waals surface area contributed by atoms with Gasteiger partial charge in [-0.25, -0.2) is 0 Å². The van der Waals surface area contributed by atoms with Crippen LogP contribution in [0.2, 0.25) is 0 Å². The van der Waals surface area contributed by atoms with E-state index in [-0.39, 0.29) is 11.8 Å². The zero-order valence-electron chi connectivity index (χ0n) is 18.2. The molecule has 0 aliphatic rings. The first-order valence-corrected chi connectivity index (χ1v) is 12.1. The fraction of sp³-hybridized carbons (Fsp3) is 0.167. The average Bonchev–Trinajstić information content (AvgIpc) is 3.46. The molecule has 4 aromatic rings. The Morgan fingerprint density at radius 1 is 0.970 bits per heavy atom. The molecule has 0 radical (unpaired) electrons. The van der Waals surface area contributed by atoms with Gasteiger partial charge in [-0.15, -0.1) is 21.5 Å². The van der Waals surface area contributed by atoms with Crippen molar-refractivity contribution in [3.05, 3.63) is 77.7 Å². The van der Waals surface area contributed by atoms with E-state index in [0.717, 1.165) is 16.3 Å². The number of hydrogen-bond donors (Lipinski definition) is 2. The van der Waals surface area contributed by atoms with E-state index in [1.165, 1.54) is 18.7 Å². The van der Waals surface area contributed by atoms with Crippen LogP contribution in [-0.2, 0) is 16.1 Å². The fourth-order valence-electron chi connectivity index (χ4n) is 3.17. The Labute approximate surface area is 200 Å². The molecule has 0 aliphatic carbocycles. The van der Waals surface area contributed by atoms with Crippen molar-refractivity contribution in [1.82, 2.24) is 14.8 Å². The number of thioether (sulfide) groups is 1. The fourth-order valence-corrected chi connectivity index (χ4v) is 4.73. The van der Waals surface area contributed by atoms with Gasteiger partial charge >= 0.3 is 0 Å². The number of aromatic nitrogens is 3. The summed E-state index contributed by atoms with van der Waals surface area (Å²) < 4.78 is 2.05. The first-order chi connectivity index (χ1) is 16.0. The molecule has 2 aromatic heterocycles. The molecule has 168 valence electrons. The van der Waals surface area contributed by atoms with Crippen LogP contribution in [0.3, 0.4) is 0 Å². The number of amides is 2. The number of hydrogen-bond acceptors (Lipinski definition) is 6. The molecular weight excluding hydrogens is 454 g/mol. The molecule has 0 fully saturated rings. The lowest BCUT2D eigenvalue weighted by Gasteiger charge is -2.14. The van der Waals surface area contributed by atoms with Gasteiger partial charge in [0.1, 0.15) is 0 Å². The maximum atomic E-state index is 12.8. The summed E-state index contributed by atoms with van der Waals surface area (Å²) in [7, 11) is 0. The minimum Gasteiger partial charge on any atom is -0.326 e. The van der Waals surface area contributed by atoms with Gasteiger partial charge in [0.25, 0.3) is 0 Å². The van der Waals surface area contributed by atoms with Crippen molar-refractivity contribution in [2.75, 3.05) is 10.6 Å². The summed E-state index contributed by atoms with van der Waals surface area (Å²) in [5.74, 6) is 0.509. The summed E-state index contributed by atoms with van der Waals surface area (Å²) >= 11 is 2.98. The Hall–Kier alpha value is -3.43. The standard InChI is InChI=1S/C24H23N5O2S2/c1-16(23(31)26-20-12-10-19(11-13-20)25-17(2)30)33-24-28-27-22(21-9-6-14-32-21)29(24)15-18-7-4-3-5-8-18/h3-14,16H,15H2,1-2H3,(H,25,30)(H,26,31)/t16-/m1/s1. The molecule has 0 saturated carbocycles. The van der Waals surface area contributed by atoms with Gasteiger partial charge in [-0.3, -0.25) is 14.2 Å². The third kappa shape index (κ3) is 5.88. The summed E-state index contributed by atoms with van der Waals surface area (Å²) in [5.41, 5.74) is 2.47. The van der Waals surface area contributed by atoms with Gasteiger partial charge < -0.3 is 10.6 Å². The molecule has 0 unspecified atom stereocenters. The summed E-state index contributed by atoms with van der Waals surface area (Å²) in [6.45, 7) is 3.91. The molecule has 2 aromatic carbocycles. The van der Waals surface area contributed by atoms with E-state index in [2.05, 4.69) is 37.5 Å². The van der Waals surface area contributed by atoms with Crippen molar-refractivity contribution >= 4 is 46.3 Å². The van der Waals surface area contributed by atoms with Gasteiger partial charge in [0, 0.05) is 18.3 Å². The number of rotatable bonds is 8. The lowest BCUT2D eigenvalue weighted by atomic mass is 10.2. The number of nitrogens with one attached hydrogen (secondary N) is 2. The SMILES string of the molecule is CC(=O)Nc1ccc(NC(=O)[C@@H](C)Sc2nnc(-c3cccs3)n2Cc2ccccc2)cc1. The molecule has 0 bridgehead atoms. The second-order valence-corrected chi connectivity index (χ2v) is 9.62. The van der Waals surface area contributed by atoms with Crippen LogP contribution < -0.4 is 10.6 Å². The minimum absolute atomic E-state index is 0.140. The van der Waals surface area contributed by atoms with E-state index in [0.29, 0.717) is 23.1 Å². The number of benzene rings is 2. The number of carbonyl (C=O) groups excluding carboxylic acids is 2. The molecule has 7 nitrogen and oxygen atoms in total. The zero-order chi connectivity index (χ0) is 23.2. The zero-order valence-corrected chi connectivity index (χ0v) is 19.8. The van der Waals surface area contributed by atoms with Gasteiger partial charge in [0.05, 0.1) is 16.7 Å². The van der Waals surface area contributed by atoms with Crippen LogP contribution in [0.25, 0.3) is 10.7 Å². The Kier molecular flexibility index (Phi) is 7.21. The molecule has 2 heterocycles. The lowest BCUT2D eigenvalue weighted by molar-refractivity contribution is -0.115. The Balaban J connectivity index is 1.49. The monoisotopic (exact) mass is 477 g/mol. The molecule has 0 saturated heterocycles. The molecule has 33 heavy (non-hydrogen) atoms. The van der Waals surface area contributed by atoms with Gasteiger partial charge in [-0.1, -0.05) is 48.2 Å². The molecule has 4 rings (SSSR count). The highest BCUT2D eigenvalue weighted by Gasteiger charge is 2.21. The second-order valence-electron chi connectivity index (χ2n) is 7.36. The number of nitrogens with zero attached hydrogens (tertiary/aromatic N) is 3. The van der Waals surface area contributed by atoms with E-state index >= 15 is 0 Å². The van der Waals surface area contributed by atoms with Crippen LogP contribution in [0.15, 0.2) is 77.3 Å². The Morgan fingerprint density at radius 3 is 2.30 bits per heavy atom. The van der Waals surface area contributed by atoms with Crippen LogP contribution >= 0.6 is 23.1 Å². The van der Waals surface area contributed by atoms with E-state index < -0.39 is 5.25 Å². The van der Waals surface area contributed by atoms with Gasteiger partial charge in [0.2, 0.25) is 11.8 Å². The second kappa shape index (κ2) is 10.5. The van der Waals surface area contributed by atoms with Crippen LogP contribution in [-0.4, -0.2) is 31.8 Å². The van der Waals surface area contributed by atoms with Crippen LogP contribution in [0.5, 0.6) is 0 Å². The van der Waals surface area contributed by atoms with Crippen molar-refractivity contribution in [2.45, 2.75) is 30.8 Å². The molecule has 2 N–H and O–H groups in total. The maximum absolute atomic E-state index is 12.8. The van der Waals surface area contributed by atoms with Crippen molar-refractivity contribution in [2.24, 2.45) is 0 Å². The van der Waals surface area contributed by atoms with E-state index in [4.69, 9.17) is 0 Å². The lowest BCUT2D eigenvalue weighted by Crippen LogP contribution is -2.23. The van der Waals surface area contributed by atoms with Crippen LogP contribution in [0.4, 0.5) is 11.4 Å². The molecule has 1 atom stereocenters.